The summed E-state index contributed by atoms with van der Waals surface area (Å²) in [6, 6.07) is 0.179. The first-order valence-electron chi connectivity index (χ1n) is 7.77. The van der Waals surface area contributed by atoms with Gasteiger partial charge in [-0.3, -0.25) is 11.3 Å². The SMILES string of the molecule is COC(C)(C)CCC(NN)C1(OC)CCC(C)(C)CC1. The van der Waals surface area contributed by atoms with Gasteiger partial charge in [-0.1, -0.05) is 13.8 Å². The molecule has 20 heavy (non-hydrogen) atoms. The Morgan fingerprint density at radius 3 is 2.10 bits per heavy atom. The minimum Gasteiger partial charge on any atom is -0.379 e. The highest BCUT2D eigenvalue weighted by atomic mass is 16.5. The third-order valence-electron chi connectivity index (χ3n) is 5.28. The molecule has 0 saturated heterocycles. The monoisotopic (exact) mass is 286 g/mol. The molecule has 4 nitrogen and oxygen atoms in total. The topological polar surface area (TPSA) is 56.5 Å². The molecule has 0 radical (unpaired) electrons. The van der Waals surface area contributed by atoms with Crippen LogP contribution in [0.1, 0.15) is 66.2 Å². The Bertz CT molecular complexity index is 293. The third kappa shape index (κ3) is 4.42. The van der Waals surface area contributed by atoms with Crippen LogP contribution in [0.5, 0.6) is 0 Å². The zero-order valence-corrected chi connectivity index (χ0v) is 14.2. The maximum absolute atomic E-state index is 5.94. The van der Waals surface area contributed by atoms with Crippen molar-refractivity contribution in [3.8, 4) is 0 Å². The van der Waals surface area contributed by atoms with E-state index >= 15 is 0 Å². The molecule has 1 aliphatic rings. The molecule has 0 aromatic rings. The van der Waals surface area contributed by atoms with Crippen LogP contribution in [-0.4, -0.2) is 31.5 Å². The van der Waals surface area contributed by atoms with E-state index < -0.39 is 0 Å². The molecular weight excluding hydrogens is 252 g/mol. The predicted molar refractivity (Wildman–Crippen MR) is 83.4 cm³/mol. The number of rotatable bonds is 7. The summed E-state index contributed by atoms with van der Waals surface area (Å²) >= 11 is 0. The third-order valence-corrected chi connectivity index (χ3v) is 5.28. The van der Waals surface area contributed by atoms with Crippen LogP contribution in [0.25, 0.3) is 0 Å². The van der Waals surface area contributed by atoms with Gasteiger partial charge in [-0.2, -0.15) is 0 Å². The molecule has 1 aliphatic carbocycles. The van der Waals surface area contributed by atoms with Gasteiger partial charge in [0, 0.05) is 14.2 Å². The standard InChI is InChI=1S/C16H34N2O2/c1-14(2)9-11-16(20-6,12-10-14)13(18-17)7-8-15(3,4)19-5/h13,18H,7-12,17H2,1-6H3. The Kier molecular flexibility index (Phi) is 6.02. The van der Waals surface area contributed by atoms with Crippen molar-refractivity contribution >= 4 is 0 Å². The summed E-state index contributed by atoms with van der Waals surface area (Å²) in [4.78, 5) is 0. The Morgan fingerprint density at radius 1 is 1.15 bits per heavy atom. The number of hydrazine groups is 1. The molecule has 0 heterocycles. The van der Waals surface area contributed by atoms with Crippen LogP contribution < -0.4 is 11.3 Å². The lowest BCUT2D eigenvalue weighted by Gasteiger charge is -2.47. The molecule has 4 heteroatoms. The Morgan fingerprint density at radius 2 is 1.70 bits per heavy atom. The van der Waals surface area contributed by atoms with Gasteiger partial charge in [0.15, 0.2) is 0 Å². The molecule has 1 unspecified atom stereocenters. The van der Waals surface area contributed by atoms with Crippen LogP contribution >= 0.6 is 0 Å². The molecular formula is C16H34N2O2. The summed E-state index contributed by atoms with van der Waals surface area (Å²) in [6.45, 7) is 8.91. The molecule has 1 fully saturated rings. The highest BCUT2D eigenvalue weighted by Crippen LogP contribution is 2.44. The maximum Gasteiger partial charge on any atom is 0.0844 e. The average molecular weight is 286 g/mol. The molecule has 0 aromatic heterocycles. The zero-order chi connectivity index (χ0) is 15.4. The molecule has 0 bridgehead atoms. The zero-order valence-electron chi connectivity index (χ0n) is 14.2. The van der Waals surface area contributed by atoms with Crippen molar-refractivity contribution in [3.63, 3.8) is 0 Å². The van der Waals surface area contributed by atoms with Gasteiger partial charge < -0.3 is 9.47 Å². The summed E-state index contributed by atoms with van der Waals surface area (Å²) in [5.74, 6) is 5.83. The fourth-order valence-corrected chi connectivity index (χ4v) is 3.14. The van der Waals surface area contributed by atoms with Crippen molar-refractivity contribution < 1.29 is 9.47 Å². The lowest BCUT2D eigenvalue weighted by atomic mass is 9.67. The number of hydrogen-bond acceptors (Lipinski definition) is 4. The van der Waals surface area contributed by atoms with Gasteiger partial charge in [-0.15, -0.1) is 0 Å². The molecule has 0 spiro atoms. The molecule has 1 saturated carbocycles. The normalized spacial score (nSPS) is 23.6. The molecule has 120 valence electrons. The van der Waals surface area contributed by atoms with Crippen LogP contribution in [0, 0.1) is 5.41 Å². The summed E-state index contributed by atoms with van der Waals surface area (Å²) in [7, 11) is 3.59. The largest absolute Gasteiger partial charge is 0.379 e. The minimum atomic E-state index is -0.131. The van der Waals surface area contributed by atoms with Crippen LogP contribution in [0.3, 0.4) is 0 Å². The van der Waals surface area contributed by atoms with E-state index in [9.17, 15) is 0 Å². The Balaban J connectivity index is 2.70. The molecule has 1 atom stereocenters. The van der Waals surface area contributed by atoms with Crippen molar-refractivity contribution in [3.05, 3.63) is 0 Å². The number of nitrogens with one attached hydrogen (secondary N) is 1. The highest BCUT2D eigenvalue weighted by molar-refractivity contribution is 4.98. The van der Waals surface area contributed by atoms with Crippen LogP contribution in [0.4, 0.5) is 0 Å². The minimum absolute atomic E-state index is 0.113. The second-order valence-electron chi connectivity index (χ2n) is 7.65. The van der Waals surface area contributed by atoms with Gasteiger partial charge in [0.1, 0.15) is 0 Å². The van der Waals surface area contributed by atoms with E-state index in [-0.39, 0.29) is 17.2 Å². The van der Waals surface area contributed by atoms with E-state index in [4.69, 9.17) is 15.3 Å². The van der Waals surface area contributed by atoms with Crippen LogP contribution in [-0.2, 0) is 9.47 Å². The maximum atomic E-state index is 5.94. The predicted octanol–water partition coefficient (Wildman–Crippen LogP) is 3.01. The van der Waals surface area contributed by atoms with Gasteiger partial charge in [-0.25, -0.2) is 0 Å². The smallest absolute Gasteiger partial charge is 0.0844 e. The van der Waals surface area contributed by atoms with Crippen molar-refractivity contribution in [2.75, 3.05) is 14.2 Å². The highest BCUT2D eigenvalue weighted by Gasteiger charge is 2.44. The van der Waals surface area contributed by atoms with E-state index in [0.717, 1.165) is 25.7 Å². The van der Waals surface area contributed by atoms with E-state index in [1.54, 1.807) is 7.11 Å². The molecule has 1 rings (SSSR count). The molecule has 0 aromatic carbocycles. The number of ether oxygens (including phenoxy) is 2. The first-order valence-corrected chi connectivity index (χ1v) is 7.77. The number of methoxy groups -OCH3 is 2. The Labute approximate surface area is 124 Å². The van der Waals surface area contributed by atoms with Crippen molar-refractivity contribution in [2.24, 2.45) is 11.3 Å². The average Bonchev–Trinajstić information content (AvgIpc) is 2.41. The Hall–Kier alpha value is -0.160. The van der Waals surface area contributed by atoms with E-state index in [1.165, 1.54) is 12.8 Å². The quantitative estimate of drug-likeness (QED) is 0.558. The summed E-state index contributed by atoms with van der Waals surface area (Å²) in [5.41, 5.74) is 3.19. The number of hydrogen-bond donors (Lipinski definition) is 2. The van der Waals surface area contributed by atoms with E-state index in [2.05, 4.69) is 33.1 Å². The van der Waals surface area contributed by atoms with Crippen molar-refractivity contribution in [1.82, 2.24) is 5.43 Å². The second kappa shape index (κ2) is 6.73. The first-order chi connectivity index (χ1) is 9.20. The van der Waals surface area contributed by atoms with Crippen LogP contribution in [0.15, 0.2) is 0 Å². The van der Waals surface area contributed by atoms with Crippen LogP contribution in [0.2, 0.25) is 0 Å². The molecule has 0 aliphatic heterocycles. The summed E-state index contributed by atoms with van der Waals surface area (Å²) < 4.78 is 11.5. The molecule has 3 N–H and O–H groups in total. The van der Waals surface area contributed by atoms with Gasteiger partial charge in [-0.05, 0) is 57.8 Å². The molecule has 0 amide bonds. The van der Waals surface area contributed by atoms with E-state index in [0.29, 0.717) is 5.41 Å². The lowest BCUT2D eigenvalue weighted by molar-refractivity contribution is -0.0927. The fraction of sp³-hybridized carbons (Fsp3) is 1.00. The van der Waals surface area contributed by atoms with E-state index in [1.807, 2.05) is 7.11 Å². The number of nitrogens with two attached hydrogens (primary N) is 1. The van der Waals surface area contributed by atoms with Gasteiger partial charge in [0.05, 0.1) is 17.2 Å². The van der Waals surface area contributed by atoms with Gasteiger partial charge in [0.25, 0.3) is 0 Å². The first kappa shape index (κ1) is 17.9. The lowest BCUT2D eigenvalue weighted by Crippen LogP contribution is -2.57. The van der Waals surface area contributed by atoms with Crippen molar-refractivity contribution in [1.29, 1.82) is 0 Å². The van der Waals surface area contributed by atoms with Crippen molar-refractivity contribution in [2.45, 2.75) is 83.5 Å². The summed E-state index contributed by atoms with van der Waals surface area (Å²) in [5, 5.41) is 0. The van der Waals surface area contributed by atoms with Gasteiger partial charge in [0.2, 0.25) is 0 Å². The summed E-state index contributed by atoms with van der Waals surface area (Å²) in [6.07, 6.45) is 6.44. The fourth-order valence-electron chi connectivity index (χ4n) is 3.14. The second-order valence-corrected chi connectivity index (χ2v) is 7.65. The van der Waals surface area contributed by atoms with Gasteiger partial charge >= 0.3 is 0 Å².